The van der Waals surface area contributed by atoms with E-state index in [1.165, 1.54) is 0 Å². The molecule has 0 fully saturated rings. The van der Waals surface area contributed by atoms with E-state index in [1.54, 1.807) is 0 Å². The summed E-state index contributed by atoms with van der Waals surface area (Å²) in [5, 5.41) is 8.26. The molecular formula is C5H12Cl2O. The summed E-state index contributed by atoms with van der Waals surface area (Å²) in [6.07, 6.45) is 2.04. The maximum Gasteiger partial charge on any atom is 0.0967 e. The largest absolute Gasteiger partial charge is 0.396 e. The number of hydrogen-bond donors (Lipinski definition) is 1. The van der Waals surface area contributed by atoms with Gasteiger partial charge in [0.1, 0.15) is 0 Å². The Morgan fingerprint density at radius 1 is 1.38 bits per heavy atom. The van der Waals surface area contributed by atoms with E-state index >= 15 is 0 Å². The average molecular weight is 159 g/mol. The molecule has 0 aliphatic rings. The zero-order valence-electron chi connectivity index (χ0n) is 5.03. The van der Waals surface area contributed by atoms with Crippen LogP contribution in [0.4, 0.5) is 0 Å². The highest BCUT2D eigenvalue weighted by atomic mass is 35.5. The Morgan fingerprint density at radius 2 is 1.75 bits per heavy atom. The Morgan fingerprint density at radius 3 is 1.75 bits per heavy atom. The van der Waals surface area contributed by atoms with Gasteiger partial charge in [-0.3, -0.25) is 0 Å². The molecular weight excluding hydrogens is 147 g/mol. The standard InChI is InChI=1S/C4H10O.CH2Cl2/c1-2-3-4-5;2-1-3/h5H,2-4H2,1H3;1H2. The number of alkyl halides is 2. The molecule has 0 radical (unpaired) electrons. The van der Waals surface area contributed by atoms with Gasteiger partial charge < -0.3 is 5.11 Å². The van der Waals surface area contributed by atoms with Crippen molar-refractivity contribution in [3.05, 3.63) is 0 Å². The van der Waals surface area contributed by atoms with Gasteiger partial charge >= 0.3 is 0 Å². The van der Waals surface area contributed by atoms with Crippen LogP contribution < -0.4 is 0 Å². The topological polar surface area (TPSA) is 20.2 Å². The summed E-state index contributed by atoms with van der Waals surface area (Å²) in [6.45, 7) is 2.40. The van der Waals surface area contributed by atoms with Crippen molar-refractivity contribution in [3.63, 3.8) is 0 Å². The van der Waals surface area contributed by atoms with Crippen LogP contribution in [-0.4, -0.2) is 17.1 Å². The summed E-state index contributed by atoms with van der Waals surface area (Å²) in [4.78, 5) is 0. The van der Waals surface area contributed by atoms with Gasteiger partial charge in [-0.2, -0.15) is 0 Å². The number of aliphatic hydroxyl groups excluding tert-OH is 1. The second kappa shape index (κ2) is 15.6. The molecule has 0 rings (SSSR count). The molecule has 0 spiro atoms. The minimum absolute atomic E-state index is 0.194. The molecule has 0 aliphatic carbocycles. The molecule has 0 saturated heterocycles. The van der Waals surface area contributed by atoms with Gasteiger partial charge in [-0.1, -0.05) is 13.3 Å². The van der Waals surface area contributed by atoms with Gasteiger partial charge in [-0.05, 0) is 6.42 Å². The molecule has 0 aromatic heterocycles. The van der Waals surface area contributed by atoms with E-state index in [0.29, 0.717) is 6.61 Å². The summed E-state index contributed by atoms with van der Waals surface area (Å²) in [5.74, 6) is 0. The van der Waals surface area contributed by atoms with Crippen LogP contribution in [0, 0.1) is 0 Å². The van der Waals surface area contributed by atoms with E-state index in [1.807, 2.05) is 0 Å². The molecule has 52 valence electrons. The number of aliphatic hydroxyl groups is 1. The smallest absolute Gasteiger partial charge is 0.0967 e. The second-order valence-electron chi connectivity index (χ2n) is 1.18. The number of rotatable bonds is 2. The predicted octanol–water partition coefficient (Wildman–Crippen LogP) is 2.20. The first-order valence-corrected chi connectivity index (χ1v) is 3.63. The lowest BCUT2D eigenvalue weighted by atomic mass is 10.4. The SMILES string of the molecule is CCCCO.ClCCl. The molecule has 0 aromatic rings. The van der Waals surface area contributed by atoms with Gasteiger partial charge in [0.2, 0.25) is 0 Å². The molecule has 1 N–H and O–H groups in total. The van der Waals surface area contributed by atoms with Crippen molar-refractivity contribution in [2.75, 3.05) is 11.9 Å². The third kappa shape index (κ3) is 31.1. The van der Waals surface area contributed by atoms with Gasteiger partial charge in [0.25, 0.3) is 0 Å². The number of unbranched alkanes of at least 4 members (excludes halogenated alkanes) is 1. The predicted molar refractivity (Wildman–Crippen MR) is 38.6 cm³/mol. The Balaban J connectivity index is 0. The lowest BCUT2D eigenvalue weighted by Gasteiger charge is -1.79. The second-order valence-corrected chi connectivity index (χ2v) is 1.99. The lowest BCUT2D eigenvalue weighted by molar-refractivity contribution is 0.287. The maximum absolute atomic E-state index is 8.07. The normalized spacial score (nSPS) is 7.50. The first-order chi connectivity index (χ1) is 3.83. The molecule has 0 unspecified atom stereocenters. The molecule has 0 saturated carbocycles. The van der Waals surface area contributed by atoms with Crippen molar-refractivity contribution in [1.29, 1.82) is 0 Å². The third-order valence-corrected chi connectivity index (χ3v) is 0.512. The van der Waals surface area contributed by atoms with Crippen LogP contribution in [0.3, 0.4) is 0 Å². The van der Waals surface area contributed by atoms with E-state index in [4.69, 9.17) is 28.3 Å². The van der Waals surface area contributed by atoms with E-state index in [-0.39, 0.29) is 5.34 Å². The van der Waals surface area contributed by atoms with E-state index < -0.39 is 0 Å². The third-order valence-electron chi connectivity index (χ3n) is 0.512. The first-order valence-electron chi connectivity index (χ1n) is 2.56. The first kappa shape index (κ1) is 11.4. The van der Waals surface area contributed by atoms with Crippen molar-refractivity contribution in [2.24, 2.45) is 0 Å². The van der Waals surface area contributed by atoms with Crippen LogP contribution >= 0.6 is 23.2 Å². The number of halogens is 2. The average Bonchev–Trinajstić information content (AvgIpc) is 1.71. The Kier molecular flexibility index (Phi) is 22.2. The fourth-order valence-corrected chi connectivity index (χ4v) is 0.158. The molecule has 0 amide bonds. The molecule has 1 nitrogen and oxygen atoms in total. The lowest BCUT2D eigenvalue weighted by Crippen LogP contribution is -1.75. The van der Waals surface area contributed by atoms with Crippen molar-refractivity contribution >= 4 is 23.2 Å². The fourth-order valence-electron chi connectivity index (χ4n) is 0.158. The van der Waals surface area contributed by atoms with Gasteiger partial charge in [0.15, 0.2) is 0 Å². The van der Waals surface area contributed by atoms with Gasteiger partial charge in [-0.25, -0.2) is 0 Å². The van der Waals surface area contributed by atoms with Gasteiger partial charge in [0, 0.05) is 6.61 Å². The van der Waals surface area contributed by atoms with Crippen molar-refractivity contribution in [2.45, 2.75) is 19.8 Å². The highest BCUT2D eigenvalue weighted by Gasteiger charge is 1.69. The summed E-state index contributed by atoms with van der Waals surface area (Å²) in [6, 6.07) is 0. The van der Waals surface area contributed by atoms with Crippen LogP contribution in [-0.2, 0) is 0 Å². The van der Waals surface area contributed by atoms with Crippen LogP contribution in [0.1, 0.15) is 19.8 Å². The zero-order chi connectivity index (χ0) is 6.83. The highest BCUT2D eigenvalue weighted by Crippen LogP contribution is 1.78. The van der Waals surface area contributed by atoms with Crippen molar-refractivity contribution in [3.8, 4) is 0 Å². The van der Waals surface area contributed by atoms with E-state index in [0.717, 1.165) is 12.8 Å². The highest BCUT2D eigenvalue weighted by molar-refractivity contribution is 6.40. The quantitative estimate of drug-likeness (QED) is 0.612. The van der Waals surface area contributed by atoms with Crippen molar-refractivity contribution in [1.82, 2.24) is 0 Å². The fraction of sp³-hybridized carbons (Fsp3) is 1.00. The molecule has 0 aliphatic heterocycles. The van der Waals surface area contributed by atoms with Gasteiger partial charge in [-0.15, -0.1) is 23.2 Å². The Labute approximate surface area is 60.6 Å². The summed E-state index contributed by atoms with van der Waals surface area (Å²) >= 11 is 9.53. The monoisotopic (exact) mass is 158 g/mol. The van der Waals surface area contributed by atoms with E-state index in [9.17, 15) is 0 Å². The summed E-state index contributed by atoms with van der Waals surface area (Å²) < 4.78 is 0. The molecule has 8 heavy (non-hydrogen) atoms. The molecule has 0 bridgehead atoms. The van der Waals surface area contributed by atoms with Crippen LogP contribution in [0.2, 0.25) is 0 Å². The summed E-state index contributed by atoms with van der Waals surface area (Å²) in [5.41, 5.74) is 0. The van der Waals surface area contributed by atoms with E-state index in [2.05, 4.69) is 6.92 Å². The van der Waals surface area contributed by atoms with Crippen molar-refractivity contribution < 1.29 is 5.11 Å². The molecule has 3 heteroatoms. The van der Waals surface area contributed by atoms with Crippen LogP contribution in [0.5, 0.6) is 0 Å². The van der Waals surface area contributed by atoms with Gasteiger partial charge in [0.05, 0.1) is 5.34 Å². The molecule has 0 heterocycles. The van der Waals surface area contributed by atoms with Crippen LogP contribution in [0.15, 0.2) is 0 Å². The van der Waals surface area contributed by atoms with Crippen LogP contribution in [0.25, 0.3) is 0 Å². The molecule has 0 aromatic carbocycles. The minimum atomic E-state index is 0.194. The molecule has 0 atom stereocenters. The zero-order valence-corrected chi connectivity index (χ0v) is 6.54. The number of hydrogen-bond acceptors (Lipinski definition) is 1. The Bertz CT molecular complexity index is 24.4. The minimum Gasteiger partial charge on any atom is -0.396 e. The maximum atomic E-state index is 8.07. The Hall–Kier alpha value is 0.540. The summed E-state index contributed by atoms with van der Waals surface area (Å²) in [7, 11) is 0.